The number of ether oxygens (including phenoxy) is 10. The topological polar surface area (TPSA) is 258 Å². The molecule has 0 N–H and O–H groups in total. The van der Waals surface area contributed by atoms with Crippen molar-refractivity contribution >= 4 is 53.6 Å². The molecule has 0 aromatic heterocycles. The van der Waals surface area contributed by atoms with Crippen LogP contribution in [0, 0.1) is 0 Å². The van der Waals surface area contributed by atoms with E-state index in [1.165, 1.54) is 0 Å². The Bertz CT molecular complexity index is 1360. The molecule has 0 bridgehead atoms. The average Bonchev–Trinajstić information content (AvgIpc) is 3.31. The predicted octanol–water partition coefficient (Wildman–Crippen LogP) is -1.31. The van der Waals surface area contributed by atoms with E-state index >= 15 is 0 Å². The van der Waals surface area contributed by atoms with Crippen LogP contribution in [0.4, 0.5) is 0 Å². The fraction of sp³-hybridized carbons (Fsp3) is 0.700. The Hall–Kier alpha value is -4.73. The van der Waals surface area contributed by atoms with Crippen LogP contribution in [-0.2, 0) is 95.4 Å². The van der Waals surface area contributed by atoms with E-state index in [1.54, 1.807) is 0 Å². The van der Waals surface area contributed by atoms with Gasteiger partial charge in [-0.25, -0.2) is 4.84 Å². The molecule has 0 unspecified atom stereocenters. The van der Waals surface area contributed by atoms with E-state index in [9.17, 15) is 43.2 Å². The zero-order valence-electron chi connectivity index (χ0n) is 28.7. The molecule has 0 aliphatic carbocycles. The number of carbonyl (C=O) groups excluding carboxylic acids is 9. The van der Waals surface area contributed by atoms with Crippen molar-refractivity contribution in [1.29, 1.82) is 0 Å². The molecular formula is C30H39NO20. The summed E-state index contributed by atoms with van der Waals surface area (Å²) in [6.07, 6.45) is -17.7. The van der Waals surface area contributed by atoms with Gasteiger partial charge < -0.3 is 47.4 Å². The molecule has 21 heteroatoms. The smallest absolute Gasteiger partial charge is 0.303 e. The van der Waals surface area contributed by atoms with Crippen LogP contribution in [0.2, 0.25) is 0 Å². The van der Waals surface area contributed by atoms with Gasteiger partial charge in [0, 0.05) is 61.3 Å². The van der Waals surface area contributed by atoms with Crippen LogP contribution in [0.3, 0.4) is 0 Å². The Kier molecular flexibility index (Phi) is 14.3. The van der Waals surface area contributed by atoms with Crippen molar-refractivity contribution in [3.8, 4) is 0 Å². The van der Waals surface area contributed by atoms with Gasteiger partial charge in [-0.05, 0) is 0 Å². The molecule has 3 aliphatic heterocycles. The van der Waals surface area contributed by atoms with Crippen LogP contribution in [0.25, 0.3) is 0 Å². The summed E-state index contributed by atoms with van der Waals surface area (Å²) in [4.78, 5) is 116. The second-order valence-electron chi connectivity index (χ2n) is 11.3. The number of hydroxylamine groups is 2. The number of esters is 7. The van der Waals surface area contributed by atoms with Crippen LogP contribution < -0.4 is 0 Å². The van der Waals surface area contributed by atoms with Gasteiger partial charge in [0.15, 0.2) is 36.8 Å². The highest BCUT2D eigenvalue weighted by atomic mass is 16.8. The molecular weight excluding hydrogens is 694 g/mol. The van der Waals surface area contributed by atoms with Crippen molar-refractivity contribution in [2.45, 2.75) is 123 Å². The standard InChI is InChI=1S/C30H39NO20/c1-12(32)41-10-19-23(43-14(3)34)25(45-16(5)36)27(46-17(6)37)29(48-19)50-26-24(44-15(4)35)20(11-42-13(2)33)49-30(28(26)47-18(7)38)51-31-21(39)8-9-22(31)40/h19-20,23-30H,8-11H2,1-7H3/t19-,20-,23+,24-,25+,26-,27-,28-,29+,30+/m1/s1. The molecule has 21 nitrogen and oxygen atoms in total. The lowest BCUT2D eigenvalue weighted by atomic mass is 9.96. The van der Waals surface area contributed by atoms with Crippen LogP contribution in [-0.4, -0.2) is 133 Å². The molecule has 3 fully saturated rings. The van der Waals surface area contributed by atoms with Crippen LogP contribution >= 0.6 is 0 Å². The third-order valence-corrected chi connectivity index (χ3v) is 7.10. The average molecular weight is 734 g/mol. The van der Waals surface area contributed by atoms with Crippen LogP contribution in [0.1, 0.15) is 61.3 Å². The van der Waals surface area contributed by atoms with Gasteiger partial charge in [0.05, 0.1) is 0 Å². The maximum atomic E-state index is 12.5. The summed E-state index contributed by atoms with van der Waals surface area (Å²) in [6.45, 7) is 5.81. The normalized spacial score (nSPS) is 30.5. The lowest BCUT2D eigenvalue weighted by Gasteiger charge is -2.48. The summed E-state index contributed by atoms with van der Waals surface area (Å²) in [5.41, 5.74) is 0. The Morgan fingerprint density at radius 2 is 0.863 bits per heavy atom. The van der Waals surface area contributed by atoms with Crippen molar-refractivity contribution in [3.05, 3.63) is 0 Å². The molecule has 0 aromatic carbocycles. The molecule has 0 aromatic rings. The second kappa shape index (κ2) is 18.0. The number of carbonyl (C=O) groups is 9. The second-order valence-corrected chi connectivity index (χ2v) is 11.3. The quantitative estimate of drug-likeness (QED) is 0.121. The highest BCUT2D eigenvalue weighted by Crippen LogP contribution is 2.36. The molecule has 51 heavy (non-hydrogen) atoms. The number of amides is 2. The largest absolute Gasteiger partial charge is 0.463 e. The molecule has 0 saturated carbocycles. The summed E-state index contributed by atoms with van der Waals surface area (Å²) in [6, 6.07) is 0. The number of rotatable bonds is 13. The molecule has 284 valence electrons. The van der Waals surface area contributed by atoms with Gasteiger partial charge in [-0.1, -0.05) is 0 Å². The first-order chi connectivity index (χ1) is 23.9. The van der Waals surface area contributed by atoms with Gasteiger partial charge in [-0.2, -0.15) is 5.06 Å². The Morgan fingerprint density at radius 1 is 0.510 bits per heavy atom. The van der Waals surface area contributed by atoms with Crippen molar-refractivity contribution in [2.75, 3.05) is 13.2 Å². The predicted molar refractivity (Wildman–Crippen MR) is 155 cm³/mol. The van der Waals surface area contributed by atoms with Gasteiger partial charge in [0.25, 0.3) is 11.8 Å². The first kappa shape index (κ1) is 40.7. The zero-order chi connectivity index (χ0) is 38.2. The van der Waals surface area contributed by atoms with Crippen molar-refractivity contribution in [1.82, 2.24) is 5.06 Å². The van der Waals surface area contributed by atoms with E-state index in [2.05, 4.69) is 0 Å². The van der Waals surface area contributed by atoms with Crippen molar-refractivity contribution < 1.29 is 95.4 Å². The number of imide groups is 1. The number of hydrogen-bond donors (Lipinski definition) is 0. The zero-order valence-corrected chi connectivity index (χ0v) is 28.7. The third-order valence-electron chi connectivity index (χ3n) is 7.10. The number of nitrogens with zero attached hydrogens (tertiary/aromatic N) is 1. The highest BCUT2D eigenvalue weighted by molar-refractivity contribution is 6.00. The number of hydrogen-bond acceptors (Lipinski definition) is 20. The van der Waals surface area contributed by atoms with Gasteiger partial charge in [0.1, 0.15) is 31.5 Å². The molecule has 3 rings (SSSR count). The fourth-order valence-electron chi connectivity index (χ4n) is 5.33. The van der Waals surface area contributed by atoms with E-state index in [4.69, 9.17) is 52.2 Å². The first-order valence-corrected chi connectivity index (χ1v) is 15.5. The van der Waals surface area contributed by atoms with Crippen LogP contribution in [0.15, 0.2) is 0 Å². The molecule has 10 atom stereocenters. The molecule has 0 radical (unpaired) electrons. The summed E-state index contributed by atoms with van der Waals surface area (Å²) in [5, 5.41) is 0.377. The summed E-state index contributed by atoms with van der Waals surface area (Å²) >= 11 is 0. The maximum absolute atomic E-state index is 12.5. The first-order valence-electron chi connectivity index (χ1n) is 15.5. The fourth-order valence-corrected chi connectivity index (χ4v) is 5.33. The van der Waals surface area contributed by atoms with Gasteiger partial charge in [0.2, 0.25) is 6.29 Å². The summed E-state index contributed by atoms with van der Waals surface area (Å²) in [5.74, 6) is -7.92. The van der Waals surface area contributed by atoms with Crippen molar-refractivity contribution in [2.24, 2.45) is 0 Å². The minimum Gasteiger partial charge on any atom is -0.463 e. The van der Waals surface area contributed by atoms with E-state index in [0.717, 1.165) is 48.5 Å². The SMILES string of the molecule is CC(=O)OC[C@H]1O[C@@H](O[C@H]2[C@@H](OC(C)=O)[C@H](ON3C(=O)CCC3=O)O[C@H](COC(C)=O)[C@H]2OC(C)=O)[C@H](OC(C)=O)[C@@H](OC(C)=O)[C@H]1OC(C)=O. The van der Waals surface area contributed by atoms with Crippen molar-refractivity contribution in [3.63, 3.8) is 0 Å². The summed E-state index contributed by atoms with van der Waals surface area (Å²) in [7, 11) is 0. The Labute approximate surface area is 290 Å². The van der Waals surface area contributed by atoms with Crippen LogP contribution in [0.5, 0.6) is 0 Å². The molecule has 3 heterocycles. The minimum absolute atomic E-state index is 0.221. The molecule has 2 amide bonds. The van der Waals surface area contributed by atoms with Gasteiger partial charge in [-0.3, -0.25) is 43.2 Å². The van der Waals surface area contributed by atoms with Gasteiger partial charge in [-0.15, -0.1) is 0 Å². The molecule has 3 saturated heterocycles. The van der Waals surface area contributed by atoms with Gasteiger partial charge >= 0.3 is 41.8 Å². The lowest BCUT2D eigenvalue weighted by molar-refractivity contribution is -0.378. The van der Waals surface area contributed by atoms with E-state index in [-0.39, 0.29) is 12.8 Å². The monoisotopic (exact) mass is 733 g/mol. The molecule has 0 spiro atoms. The Balaban J connectivity index is 2.20. The minimum atomic E-state index is -1.92. The van der Waals surface area contributed by atoms with E-state index < -0.39 is 128 Å². The molecule has 3 aliphatic rings. The third kappa shape index (κ3) is 11.4. The van der Waals surface area contributed by atoms with E-state index in [1.807, 2.05) is 0 Å². The Morgan fingerprint density at radius 3 is 1.27 bits per heavy atom. The lowest BCUT2D eigenvalue weighted by Crippen LogP contribution is -2.67. The maximum Gasteiger partial charge on any atom is 0.303 e. The highest BCUT2D eigenvalue weighted by Gasteiger charge is 2.58. The van der Waals surface area contributed by atoms with E-state index in [0.29, 0.717) is 5.06 Å². The summed E-state index contributed by atoms with van der Waals surface area (Å²) < 4.78 is 55.4.